The van der Waals surface area contributed by atoms with Crippen LogP contribution in [0, 0.1) is 0 Å². The van der Waals surface area contributed by atoms with E-state index in [9.17, 15) is 4.79 Å². The second kappa shape index (κ2) is 5.73. The number of likely N-dealkylation sites (N-methyl/N-ethyl adjacent to an activating group) is 1. The topological polar surface area (TPSA) is 87.4 Å². The smallest absolute Gasteiger partial charge is 0.242 e. The number of anilines is 3. The van der Waals surface area contributed by atoms with Gasteiger partial charge in [-0.05, 0) is 12.8 Å². The van der Waals surface area contributed by atoms with Crippen LogP contribution in [-0.2, 0) is 4.79 Å². The van der Waals surface area contributed by atoms with Gasteiger partial charge in [0, 0.05) is 33.3 Å². The number of amides is 1. The molecule has 2 heterocycles. The lowest BCUT2D eigenvalue weighted by Gasteiger charge is -2.22. The van der Waals surface area contributed by atoms with Crippen molar-refractivity contribution in [1.29, 1.82) is 0 Å². The molecule has 104 valence electrons. The molecular formula is C12H20N6O. The first-order valence-electron chi connectivity index (χ1n) is 6.41. The third-order valence-electron chi connectivity index (χ3n) is 3.21. The largest absolute Gasteiger partial charge is 0.373 e. The lowest BCUT2D eigenvalue weighted by molar-refractivity contribution is -0.128. The Morgan fingerprint density at radius 1 is 1.47 bits per heavy atom. The highest BCUT2D eigenvalue weighted by Crippen LogP contribution is 2.16. The quantitative estimate of drug-likeness (QED) is 0.805. The number of hydrogen-bond acceptors (Lipinski definition) is 6. The summed E-state index contributed by atoms with van der Waals surface area (Å²) in [5.41, 5.74) is 5.64. The number of nitrogens with two attached hydrogens (primary N) is 1. The molecule has 1 fully saturated rings. The van der Waals surface area contributed by atoms with E-state index < -0.39 is 0 Å². The molecule has 19 heavy (non-hydrogen) atoms. The maximum Gasteiger partial charge on any atom is 0.242 e. The Morgan fingerprint density at radius 3 is 2.79 bits per heavy atom. The molecule has 3 N–H and O–H groups in total. The first-order valence-corrected chi connectivity index (χ1v) is 6.41. The summed E-state index contributed by atoms with van der Waals surface area (Å²) in [4.78, 5) is 23.9. The van der Waals surface area contributed by atoms with Gasteiger partial charge >= 0.3 is 0 Å². The fourth-order valence-corrected chi connectivity index (χ4v) is 2.13. The Balaban J connectivity index is 2.04. The predicted molar refractivity (Wildman–Crippen MR) is 75.1 cm³/mol. The van der Waals surface area contributed by atoms with E-state index in [1.165, 1.54) is 0 Å². The summed E-state index contributed by atoms with van der Waals surface area (Å²) in [5, 5.41) is 2.92. The van der Waals surface area contributed by atoms with Crippen LogP contribution in [-0.4, -0.2) is 54.5 Å². The number of hydrogen-bond donors (Lipinski definition) is 2. The average Bonchev–Trinajstić information content (AvgIpc) is 2.91. The third-order valence-corrected chi connectivity index (χ3v) is 3.21. The van der Waals surface area contributed by atoms with E-state index in [0.29, 0.717) is 18.2 Å². The van der Waals surface area contributed by atoms with E-state index >= 15 is 0 Å². The summed E-state index contributed by atoms with van der Waals surface area (Å²) in [7, 11) is 3.59. The van der Waals surface area contributed by atoms with Gasteiger partial charge in [0.25, 0.3) is 0 Å². The zero-order valence-corrected chi connectivity index (χ0v) is 11.4. The minimum absolute atomic E-state index is 0.128. The van der Waals surface area contributed by atoms with Crippen LogP contribution >= 0.6 is 0 Å². The molecule has 0 aliphatic carbocycles. The van der Waals surface area contributed by atoms with Crippen LogP contribution in [0.25, 0.3) is 0 Å². The van der Waals surface area contributed by atoms with Gasteiger partial charge in [-0.3, -0.25) is 4.79 Å². The van der Waals surface area contributed by atoms with Gasteiger partial charge in [-0.15, -0.1) is 0 Å². The highest BCUT2D eigenvalue weighted by molar-refractivity contribution is 5.81. The highest BCUT2D eigenvalue weighted by Gasteiger charge is 2.19. The second-order valence-electron chi connectivity index (χ2n) is 4.66. The van der Waals surface area contributed by atoms with Crippen LogP contribution in [0.3, 0.4) is 0 Å². The normalized spacial score (nSPS) is 14.5. The number of likely N-dealkylation sites (tertiary alicyclic amines) is 1. The molecule has 0 saturated carbocycles. The van der Waals surface area contributed by atoms with E-state index in [4.69, 9.17) is 5.73 Å². The first-order chi connectivity index (χ1) is 9.10. The van der Waals surface area contributed by atoms with Gasteiger partial charge < -0.3 is 20.9 Å². The fraction of sp³-hybridized carbons (Fsp3) is 0.583. The van der Waals surface area contributed by atoms with Gasteiger partial charge in [-0.1, -0.05) is 0 Å². The van der Waals surface area contributed by atoms with Crippen LogP contribution in [0.4, 0.5) is 17.6 Å². The van der Waals surface area contributed by atoms with Crippen molar-refractivity contribution in [3.05, 3.63) is 6.07 Å². The second-order valence-corrected chi connectivity index (χ2v) is 4.66. The molecule has 1 aliphatic heterocycles. The summed E-state index contributed by atoms with van der Waals surface area (Å²) < 4.78 is 0. The zero-order chi connectivity index (χ0) is 13.8. The van der Waals surface area contributed by atoms with Crippen molar-refractivity contribution in [2.45, 2.75) is 12.8 Å². The minimum Gasteiger partial charge on any atom is -0.373 e. The summed E-state index contributed by atoms with van der Waals surface area (Å²) >= 11 is 0. The molecule has 1 saturated heterocycles. The monoisotopic (exact) mass is 264 g/mol. The van der Waals surface area contributed by atoms with Gasteiger partial charge in [0.05, 0.1) is 6.54 Å². The van der Waals surface area contributed by atoms with E-state index in [-0.39, 0.29) is 11.9 Å². The predicted octanol–water partition coefficient (Wildman–Crippen LogP) is 0.159. The molecule has 0 radical (unpaired) electrons. The van der Waals surface area contributed by atoms with E-state index in [1.807, 2.05) is 11.9 Å². The Kier molecular flexibility index (Phi) is 4.03. The summed E-state index contributed by atoms with van der Waals surface area (Å²) in [6.45, 7) is 2.03. The highest BCUT2D eigenvalue weighted by atomic mass is 16.2. The van der Waals surface area contributed by atoms with Crippen molar-refractivity contribution in [3.8, 4) is 0 Å². The summed E-state index contributed by atoms with van der Waals surface area (Å²) in [5.74, 6) is 1.61. The average molecular weight is 264 g/mol. The number of carbonyl (C=O) groups excluding carboxylic acids is 1. The van der Waals surface area contributed by atoms with E-state index in [0.717, 1.165) is 25.9 Å². The molecule has 0 atom stereocenters. The number of nitrogen functional groups attached to an aromatic ring is 1. The van der Waals surface area contributed by atoms with Gasteiger partial charge in [0.15, 0.2) is 0 Å². The van der Waals surface area contributed by atoms with Crippen molar-refractivity contribution < 1.29 is 4.79 Å². The molecular weight excluding hydrogens is 244 g/mol. The van der Waals surface area contributed by atoms with Gasteiger partial charge in [-0.2, -0.15) is 9.97 Å². The maximum atomic E-state index is 12.1. The molecule has 0 aromatic carbocycles. The molecule has 7 nitrogen and oxygen atoms in total. The van der Waals surface area contributed by atoms with Crippen LogP contribution in [0.1, 0.15) is 12.8 Å². The van der Waals surface area contributed by atoms with Crippen molar-refractivity contribution in [2.24, 2.45) is 0 Å². The van der Waals surface area contributed by atoms with Crippen LogP contribution < -0.4 is 16.0 Å². The molecule has 2 rings (SSSR count). The van der Waals surface area contributed by atoms with Crippen LogP contribution in [0.2, 0.25) is 0 Å². The Morgan fingerprint density at radius 2 is 2.16 bits per heavy atom. The van der Waals surface area contributed by atoms with Gasteiger partial charge in [-0.25, -0.2) is 0 Å². The first kappa shape index (κ1) is 13.4. The number of nitrogens with zero attached hydrogens (tertiary/aromatic N) is 4. The van der Waals surface area contributed by atoms with Gasteiger partial charge in [0.1, 0.15) is 11.6 Å². The van der Waals surface area contributed by atoms with Crippen LogP contribution in [0.15, 0.2) is 6.07 Å². The van der Waals surface area contributed by atoms with E-state index in [2.05, 4.69) is 15.3 Å². The molecule has 1 amide bonds. The molecule has 7 heteroatoms. The fourth-order valence-electron chi connectivity index (χ4n) is 2.13. The molecule has 1 aliphatic rings. The molecule has 0 spiro atoms. The molecule has 0 bridgehead atoms. The number of rotatable bonds is 4. The maximum absolute atomic E-state index is 12.1. The Bertz CT molecular complexity index is 458. The molecule has 1 aromatic rings. The van der Waals surface area contributed by atoms with Crippen molar-refractivity contribution in [1.82, 2.24) is 14.9 Å². The number of aromatic nitrogens is 2. The van der Waals surface area contributed by atoms with Crippen molar-refractivity contribution in [2.75, 3.05) is 49.7 Å². The van der Waals surface area contributed by atoms with Crippen LogP contribution in [0.5, 0.6) is 0 Å². The van der Waals surface area contributed by atoms with Gasteiger partial charge in [0.2, 0.25) is 11.9 Å². The van der Waals surface area contributed by atoms with Crippen molar-refractivity contribution in [3.63, 3.8) is 0 Å². The number of carbonyl (C=O) groups is 1. The summed E-state index contributed by atoms with van der Waals surface area (Å²) in [6, 6.07) is 1.77. The SMILES string of the molecule is CNc1cc(N(C)CC(=O)N2CCCC2)nc(N)n1. The lowest BCUT2D eigenvalue weighted by atomic mass is 10.4. The third kappa shape index (κ3) is 3.24. The lowest BCUT2D eigenvalue weighted by Crippen LogP contribution is -2.37. The molecule has 0 unspecified atom stereocenters. The van der Waals surface area contributed by atoms with E-state index in [1.54, 1.807) is 18.0 Å². The molecule has 1 aromatic heterocycles. The van der Waals surface area contributed by atoms with Crippen molar-refractivity contribution >= 4 is 23.5 Å². The summed E-state index contributed by atoms with van der Waals surface area (Å²) in [6.07, 6.45) is 2.19. The number of nitrogens with one attached hydrogen (secondary N) is 1. The Hall–Kier alpha value is -2.05. The Labute approximate surface area is 112 Å². The minimum atomic E-state index is 0.128. The zero-order valence-electron chi connectivity index (χ0n) is 11.4. The standard InChI is InChI=1S/C12H20N6O/c1-14-9-7-10(16-12(13)15-9)17(2)8-11(19)18-5-3-4-6-18/h7H,3-6,8H2,1-2H3,(H3,13,14,15,16).